The third-order valence-corrected chi connectivity index (χ3v) is 5.07. The molecule has 1 aromatic heterocycles. The van der Waals surface area contributed by atoms with Crippen LogP contribution in [0.25, 0.3) is 10.9 Å². The van der Waals surface area contributed by atoms with Crippen molar-refractivity contribution in [2.75, 3.05) is 20.1 Å². The molecular formula is C19H29IN4O. The van der Waals surface area contributed by atoms with E-state index in [-0.39, 0.29) is 30.1 Å². The van der Waals surface area contributed by atoms with Crippen LogP contribution in [0.1, 0.15) is 30.5 Å². The van der Waals surface area contributed by atoms with E-state index in [0.29, 0.717) is 5.92 Å². The molecule has 0 bridgehead atoms. The molecule has 2 atom stereocenters. The summed E-state index contributed by atoms with van der Waals surface area (Å²) >= 11 is 0. The number of nitrogens with zero attached hydrogens (tertiary/aromatic N) is 1. The van der Waals surface area contributed by atoms with Gasteiger partial charge in [-0.1, -0.05) is 24.6 Å². The minimum atomic E-state index is -0.163. The monoisotopic (exact) mass is 456 g/mol. The predicted octanol–water partition coefficient (Wildman–Crippen LogP) is 2.96. The molecule has 0 amide bonds. The van der Waals surface area contributed by atoms with E-state index >= 15 is 0 Å². The molecule has 1 fully saturated rings. The molecule has 3 rings (SSSR count). The number of nitrogens with one attached hydrogen (secondary N) is 3. The molecule has 2 aromatic rings. The van der Waals surface area contributed by atoms with Crippen LogP contribution in [0.5, 0.6) is 0 Å². The summed E-state index contributed by atoms with van der Waals surface area (Å²) in [5.74, 6) is 1.16. The van der Waals surface area contributed by atoms with E-state index in [1.807, 2.05) is 0 Å². The molecule has 5 nitrogen and oxygen atoms in total. The van der Waals surface area contributed by atoms with E-state index in [4.69, 9.17) is 0 Å². The fraction of sp³-hybridized carbons (Fsp3) is 0.526. The summed E-state index contributed by atoms with van der Waals surface area (Å²) in [4.78, 5) is 7.73. The zero-order valence-corrected chi connectivity index (χ0v) is 17.3. The van der Waals surface area contributed by atoms with E-state index in [0.717, 1.165) is 44.7 Å². The molecule has 0 saturated heterocycles. The lowest BCUT2D eigenvalue weighted by atomic mass is 10.1. The van der Waals surface area contributed by atoms with Gasteiger partial charge in [0.25, 0.3) is 0 Å². The maximum absolute atomic E-state index is 9.90. The van der Waals surface area contributed by atoms with Crippen LogP contribution < -0.4 is 10.6 Å². The topological polar surface area (TPSA) is 72.4 Å². The summed E-state index contributed by atoms with van der Waals surface area (Å²) in [5, 5.41) is 17.9. The minimum absolute atomic E-state index is 0. The fourth-order valence-electron chi connectivity index (χ4n) is 3.67. The number of aromatic nitrogens is 1. The lowest BCUT2D eigenvalue weighted by Crippen LogP contribution is -2.41. The molecule has 138 valence electrons. The van der Waals surface area contributed by atoms with Gasteiger partial charge in [0, 0.05) is 42.7 Å². The second-order valence-corrected chi connectivity index (χ2v) is 6.66. The molecule has 4 N–H and O–H groups in total. The largest absolute Gasteiger partial charge is 0.393 e. The highest BCUT2D eigenvalue weighted by atomic mass is 127. The van der Waals surface area contributed by atoms with Gasteiger partial charge < -0.3 is 20.7 Å². The number of aliphatic hydroxyl groups excluding tert-OH is 1. The van der Waals surface area contributed by atoms with Gasteiger partial charge in [0.1, 0.15) is 0 Å². The Morgan fingerprint density at radius 3 is 2.80 bits per heavy atom. The van der Waals surface area contributed by atoms with Crippen molar-refractivity contribution in [1.29, 1.82) is 0 Å². The van der Waals surface area contributed by atoms with Crippen LogP contribution in [0.2, 0.25) is 0 Å². The first-order valence-corrected chi connectivity index (χ1v) is 8.88. The number of aliphatic imine (C=N–C) groups is 1. The van der Waals surface area contributed by atoms with Gasteiger partial charge >= 0.3 is 0 Å². The molecule has 0 spiro atoms. The standard InChI is InChI=1S/C19H28N4O.HI/c1-13-15(16-7-3-4-8-17(16)23-13)10-11-21-19(20-2)22-12-14-6-5-9-18(14)24;/h3-4,7-8,14,18,23-24H,5-6,9-12H2,1-2H3,(H2,20,21,22);1H. The van der Waals surface area contributed by atoms with Crippen LogP contribution in [-0.2, 0) is 6.42 Å². The third kappa shape index (κ3) is 4.88. The molecule has 1 aliphatic rings. The second-order valence-electron chi connectivity index (χ2n) is 6.66. The second kappa shape index (κ2) is 9.43. The van der Waals surface area contributed by atoms with Crippen LogP contribution in [0.3, 0.4) is 0 Å². The molecular weight excluding hydrogens is 427 g/mol. The number of hydrogen-bond donors (Lipinski definition) is 4. The lowest BCUT2D eigenvalue weighted by Gasteiger charge is -2.17. The molecule has 6 heteroatoms. The Kier molecular flexibility index (Phi) is 7.56. The summed E-state index contributed by atoms with van der Waals surface area (Å²) in [7, 11) is 1.79. The SMILES string of the molecule is CN=C(NCCc1c(C)[nH]c2ccccc12)NCC1CCCC1O.I. The summed E-state index contributed by atoms with van der Waals surface area (Å²) in [6.45, 7) is 3.74. The first kappa shape index (κ1) is 20.0. The van der Waals surface area contributed by atoms with Crippen molar-refractivity contribution >= 4 is 40.8 Å². The number of guanidine groups is 1. The quantitative estimate of drug-likeness (QED) is 0.318. The maximum Gasteiger partial charge on any atom is 0.190 e. The molecule has 1 saturated carbocycles. The van der Waals surface area contributed by atoms with Crippen molar-refractivity contribution in [2.24, 2.45) is 10.9 Å². The summed E-state index contributed by atoms with van der Waals surface area (Å²) < 4.78 is 0. The Morgan fingerprint density at radius 1 is 1.28 bits per heavy atom. The van der Waals surface area contributed by atoms with Crippen molar-refractivity contribution < 1.29 is 5.11 Å². The molecule has 0 aliphatic heterocycles. The van der Waals surface area contributed by atoms with Crippen molar-refractivity contribution in [2.45, 2.75) is 38.7 Å². The highest BCUT2D eigenvalue weighted by molar-refractivity contribution is 14.0. The number of H-pyrrole nitrogens is 1. The smallest absolute Gasteiger partial charge is 0.190 e. The zero-order valence-electron chi connectivity index (χ0n) is 15.0. The molecule has 0 radical (unpaired) electrons. The number of benzene rings is 1. The first-order chi connectivity index (χ1) is 11.7. The number of hydrogen-bond acceptors (Lipinski definition) is 2. The number of halogens is 1. The number of aliphatic hydroxyl groups is 1. The molecule has 25 heavy (non-hydrogen) atoms. The number of para-hydroxylation sites is 1. The van der Waals surface area contributed by atoms with Gasteiger partial charge in [-0.2, -0.15) is 0 Å². The van der Waals surface area contributed by atoms with Gasteiger partial charge in [-0.05, 0) is 37.8 Å². The molecule has 1 heterocycles. The molecule has 2 unspecified atom stereocenters. The highest BCUT2D eigenvalue weighted by Crippen LogP contribution is 2.24. The van der Waals surface area contributed by atoms with Crippen LogP contribution in [0, 0.1) is 12.8 Å². The summed E-state index contributed by atoms with van der Waals surface area (Å²) in [6, 6.07) is 8.43. The summed E-state index contributed by atoms with van der Waals surface area (Å²) in [5.41, 5.74) is 3.79. The highest BCUT2D eigenvalue weighted by Gasteiger charge is 2.24. The average molecular weight is 456 g/mol. The predicted molar refractivity (Wildman–Crippen MR) is 115 cm³/mol. The molecule has 1 aliphatic carbocycles. The maximum atomic E-state index is 9.90. The first-order valence-electron chi connectivity index (χ1n) is 8.88. The van der Waals surface area contributed by atoms with E-state index in [1.165, 1.54) is 22.2 Å². The van der Waals surface area contributed by atoms with Gasteiger partial charge in [-0.3, -0.25) is 4.99 Å². The Hall–Kier alpha value is -1.28. The molecule has 1 aromatic carbocycles. The Balaban J connectivity index is 0.00000225. The van der Waals surface area contributed by atoms with E-state index in [2.05, 4.69) is 51.8 Å². The fourth-order valence-corrected chi connectivity index (χ4v) is 3.67. The van der Waals surface area contributed by atoms with Crippen molar-refractivity contribution in [1.82, 2.24) is 15.6 Å². The number of rotatable bonds is 5. The van der Waals surface area contributed by atoms with Crippen LogP contribution >= 0.6 is 24.0 Å². The van der Waals surface area contributed by atoms with Gasteiger partial charge in [0.15, 0.2) is 5.96 Å². The van der Waals surface area contributed by atoms with Crippen molar-refractivity contribution in [3.05, 3.63) is 35.5 Å². The van der Waals surface area contributed by atoms with Crippen LogP contribution in [0.15, 0.2) is 29.3 Å². The van der Waals surface area contributed by atoms with Gasteiger partial charge in [-0.15, -0.1) is 24.0 Å². The van der Waals surface area contributed by atoms with Gasteiger partial charge in [-0.25, -0.2) is 0 Å². The Bertz CT molecular complexity index is 713. The Labute approximate surface area is 166 Å². The van der Waals surface area contributed by atoms with Gasteiger partial charge in [0.2, 0.25) is 0 Å². The minimum Gasteiger partial charge on any atom is -0.393 e. The van der Waals surface area contributed by atoms with Gasteiger partial charge in [0.05, 0.1) is 6.10 Å². The summed E-state index contributed by atoms with van der Waals surface area (Å²) in [6.07, 6.45) is 3.93. The van der Waals surface area contributed by atoms with E-state index in [1.54, 1.807) is 7.05 Å². The third-order valence-electron chi connectivity index (χ3n) is 5.07. The van der Waals surface area contributed by atoms with Crippen LogP contribution in [-0.4, -0.2) is 42.3 Å². The number of fused-ring (bicyclic) bond motifs is 1. The zero-order chi connectivity index (χ0) is 16.9. The number of aromatic amines is 1. The Morgan fingerprint density at radius 2 is 2.08 bits per heavy atom. The average Bonchev–Trinajstić information content (AvgIpc) is 3.13. The van der Waals surface area contributed by atoms with Crippen molar-refractivity contribution in [3.63, 3.8) is 0 Å². The van der Waals surface area contributed by atoms with Crippen molar-refractivity contribution in [3.8, 4) is 0 Å². The number of aryl methyl sites for hydroxylation is 1. The normalized spacial score (nSPS) is 20.5. The lowest BCUT2D eigenvalue weighted by molar-refractivity contribution is 0.134. The van der Waals surface area contributed by atoms with Crippen LogP contribution in [0.4, 0.5) is 0 Å². The van der Waals surface area contributed by atoms with E-state index in [9.17, 15) is 5.11 Å². The van der Waals surface area contributed by atoms with E-state index < -0.39 is 0 Å².